The first-order chi connectivity index (χ1) is 9.20. The second kappa shape index (κ2) is 8.53. The number of hydrogen-bond acceptors (Lipinski definition) is 4. The van der Waals surface area contributed by atoms with Gasteiger partial charge in [0.05, 0.1) is 11.4 Å². The lowest BCUT2D eigenvalue weighted by atomic mass is 10.2. The van der Waals surface area contributed by atoms with Crippen molar-refractivity contribution in [1.29, 1.82) is 0 Å². The largest absolute Gasteiger partial charge is 0.395 e. The van der Waals surface area contributed by atoms with E-state index in [0.717, 1.165) is 44.4 Å². The summed E-state index contributed by atoms with van der Waals surface area (Å²) in [6, 6.07) is 0. The van der Waals surface area contributed by atoms with Crippen LogP contribution in [-0.2, 0) is 11.2 Å². The summed E-state index contributed by atoms with van der Waals surface area (Å²) in [6.07, 6.45) is 4.75. The number of carbonyl (C=O) groups excluding carboxylic acids is 1. The summed E-state index contributed by atoms with van der Waals surface area (Å²) in [5, 5.41) is 9.63. The minimum absolute atomic E-state index is 0.206. The maximum absolute atomic E-state index is 11.9. The smallest absolute Gasteiger partial charge is 0.273 e. The molecule has 1 heterocycles. The van der Waals surface area contributed by atoms with E-state index in [1.807, 2.05) is 0 Å². The van der Waals surface area contributed by atoms with Crippen LogP contribution in [0.25, 0.3) is 0 Å². The van der Waals surface area contributed by atoms with E-state index in [0.29, 0.717) is 17.9 Å². The van der Waals surface area contributed by atoms with Crippen molar-refractivity contribution in [2.75, 3.05) is 26.0 Å². The SMILES string of the molecule is CCCc1[nH]nc(C(=O)NCCCCCOC)c1N. The fourth-order valence-electron chi connectivity index (χ4n) is 1.83. The Hall–Kier alpha value is -1.56. The number of rotatable bonds is 9. The molecule has 6 heteroatoms. The second-order valence-electron chi connectivity index (χ2n) is 4.52. The number of aromatic amines is 1. The van der Waals surface area contributed by atoms with E-state index in [1.165, 1.54) is 0 Å². The number of anilines is 1. The van der Waals surface area contributed by atoms with Crippen molar-refractivity contribution in [3.05, 3.63) is 11.4 Å². The molecule has 0 saturated heterocycles. The average molecular weight is 268 g/mol. The third-order valence-corrected chi connectivity index (χ3v) is 2.91. The van der Waals surface area contributed by atoms with Gasteiger partial charge in [-0.05, 0) is 25.7 Å². The quantitative estimate of drug-likeness (QED) is 0.591. The summed E-state index contributed by atoms with van der Waals surface area (Å²) in [6.45, 7) is 3.46. The van der Waals surface area contributed by atoms with E-state index in [9.17, 15) is 4.79 Å². The van der Waals surface area contributed by atoms with Crippen LogP contribution in [0.5, 0.6) is 0 Å². The average Bonchev–Trinajstić information content (AvgIpc) is 2.76. The summed E-state index contributed by atoms with van der Waals surface area (Å²) < 4.78 is 4.96. The Morgan fingerprint density at radius 1 is 1.42 bits per heavy atom. The molecule has 1 aromatic heterocycles. The molecule has 0 fully saturated rings. The Bertz CT molecular complexity index is 390. The molecule has 1 aromatic rings. The molecule has 0 saturated carbocycles. The molecule has 4 N–H and O–H groups in total. The summed E-state index contributed by atoms with van der Waals surface area (Å²) >= 11 is 0. The first-order valence-electron chi connectivity index (χ1n) is 6.80. The number of aryl methyl sites for hydroxylation is 1. The molecular formula is C13H24N4O2. The lowest BCUT2D eigenvalue weighted by Crippen LogP contribution is -2.25. The van der Waals surface area contributed by atoms with Crippen LogP contribution in [0.1, 0.15) is 48.8 Å². The fourth-order valence-corrected chi connectivity index (χ4v) is 1.83. The molecule has 0 aliphatic rings. The predicted molar refractivity (Wildman–Crippen MR) is 75.1 cm³/mol. The Labute approximate surface area is 114 Å². The highest BCUT2D eigenvalue weighted by Gasteiger charge is 2.15. The number of carbonyl (C=O) groups is 1. The van der Waals surface area contributed by atoms with E-state index < -0.39 is 0 Å². The molecule has 6 nitrogen and oxygen atoms in total. The van der Waals surface area contributed by atoms with E-state index in [4.69, 9.17) is 10.5 Å². The lowest BCUT2D eigenvalue weighted by Gasteiger charge is -2.04. The minimum atomic E-state index is -0.206. The van der Waals surface area contributed by atoms with Crippen LogP contribution in [0.15, 0.2) is 0 Å². The summed E-state index contributed by atoms with van der Waals surface area (Å²) in [5.74, 6) is -0.206. The maximum Gasteiger partial charge on any atom is 0.273 e. The molecule has 0 aliphatic heterocycles. The lowest BCUT2D eigenvalue weighted by molar-refractivity contribution is 0.0948. The predicted octanol–water partition coefficient (Wildman–Crippen LogP) is 1.49. The minimum Gasteiger partial charge on any atom is -0.395 e. The highest BCUT2D eigenvalue weighted by molar-refractivity contribution is 5.97. The van der Waals surface area contributed by atoms with Gasteiger partial charge in [0.2, 0.25) is 0 Å². The van der Waals surface area contributed by atoms with Crippen LogP contribution < -0.4 is 11.1 Å². The first kappa shape index (κ1) is 15.5. The number of methoxy groups -OCH3 is 1. The Balaban J connectivity index is 2.33. The van der Waals surface area contributed by atoms with Crippen LogP contribution in [-0.4, -0.2) is 36.4 Å². The molecule has 0 aliphatic carbocycles. The molecule has 19 heavy (non-hydrogen) atoms. The number of unbranched alkanes of at least 4 members (excludes halogenated alkanes) is 2. The number of hydrogen-bond donors (Lipinski definition) is 3. The van der Waals surface area contributed by atoms with Crippen LogP contribution in [0.2, 0.25) is 0 Å². The molecule has 0 atom stereocenters. The van der Waals surface area contributed by atoms with Crippen LogP contribution in [0, 0.1) is 0 Å². The van der Waals surface area contributed by atoms with Crippen molar-refractivity contribution in [2.24, 2.45) is 0 Å². The third-order valence-electron chi connectivity index (χ3n) is 2.91. The van der Waals surface area contributed by atoms with Gasteiger partial charge < -0.3 is 15.8 Å². The van der Waals surface area contributed by atoms with Crippen LogP contribution in [0.4, 0.5) is 5.69 Å². The fraction of sp³-hybridized carbons (Fsp3) is 0.692. The van der Waals surface area contributed by atoms with Gasteiger partial charge >= 0.3 is 0 Å². The second-order valence-corrected chi connectivity index (χ2v) is 4.52. The van der Waals surface area contributed by atoms with E-state index in [-0.39, 0.29) is 5.91 Å². The van der Waals surface area contributed by atoms with Crippen molar-refractivity contribution in [1.82, 2.24) is 15.5 Å². The van der Waals surface area contributed by atoms with Gasteiger partial charge in [0, 0.05) is 20.3 Å². The molecule has 0 radical (unpaired) electrons. The van der Waals surface area contributed by atoms with Gasteiger partial charge in [-0.1, -0.05) is 13.3 Å². The molecule has 1 rings (SSSR count). The Kier molecular flexibility index (Phi) is 6.95. The molecule has 0 unspecified atom stereocenters. The number of nitrogens with one attached hydrogen (secondary N) is 2. The summed E-state index contributed by atoms with van der Waals surface area (Å²) in [4.78, 5) is 11.9. The van der Waals surface area contributed by atoms with E-state index >= 15 is 0 Å². The van der Waals surface area contributed by atoms with Gasteiger partial charge in [0.25, 0.3) is 5.91 Å². The van der Waals surface area contributed by atoms with E-state index in [1.54, 1.807) is 7.11 Å². The van der Waals surface area contributed by atoms with Gasteiger partial charge in [-0.25, -0.2) is 0 Å². The van der Waals surface area contributed by atoms with E-state index in [2.05, 4.69) is 22.4 Å². The zero-order valence-corrected chi connectivity index (χ0v) is 11.8. The highest BCUT2D eigenvalue weighted by Crippen LogP contribution is 2.15. The topological polar surface area (TPSA) is 93.0 Å². The molecule has 108 valence electrons. The van der Waals surface area contributed by atoms with Crippen molar-refractivity contribution in [2.45, 2.75) is 39.0 Å². The van der Waals surface area contributed by atoms with Gasteiger partial charge in [-0.3, -0.25) is 9.89 Å². The summed E-state index contributed by atoms with van der Waals surface area (Å²) in [7, 11) is 1.69. The van der Waals surface area contributed by atoms with Crippen LogP contribution >= 0.6 is 0 Å². The number of amides is 1. The first-order valence-corrected chi connectivity index (χ1v) is 6.80. The number of nitrogens with two attached hydrogens (primary N) is 1. The van der Waals surface area contributed by atoms with Crippen molar-refractivity contribution < 1.29 is 9.53 Å². The van der Waals surface area contributed by atoms with Gasteiger partial charge in [-0.15, -0.1) is 0 Å². The monoisotopic (exact) mass is 268 g/mol. The molecular weight excluding hydrogens is 244 g/mol. The van der Waals surface area contributed by atoms with Gasteiger partial charge in [0.1, 0.15) is 0 Å². The number of ether oxygens (including phenoxy) is 1. The van der Waals surface area contributed by atoms with Crippen molar-refractivity contribution in [3.8, 4) is 0 Å². The normalized spacial score (nSPS) is 10.6. The standard InChI is InChI=1S/C13H24N4O2/c1-3-7-10-11(14)12(17-16-10)13(18)15-8-5-4-6-9-19-2/h3-9,14H2,1-2H3,(H,15,18)(H,16,17). The van der Waals surface area contributed by atoms with Crippen LogP contribution in [0.3, 0.4) is 0 Å². The number of nitrogens with zero attached hydrogens (tertiary/aromatic N) is 1. The number of H-pyrrole nitrogens is 1. The van der Waals surface area contributed by atoms with Crippen molar-refractivity contribution >= 4 is 11.6 Å². The molecule has 0 spiro atoms. The maximum atomic E-state index is 11.9. The zero-order chi connectivity index (χ0) is 14.1. The number of nitrogen functional groups attached to an aromatic ring is 1. The summed E-state index contributed by atoms with van der Waals surface area (Å²) in [5.41, 5.74) is 7.51. The molecule has 0 aromatic carbocycles. The molecule has 1 amide bonds. The number of aromatic nitrogens is 2. The molecule has 0 bridgehead atoms. The highest BCUT2D eigenvalue weighted by atomic mass is 16.5. The van der Waals surface area contributed by atoms with Gasteiger partial charge in [0.15, 0.2) is 5.69 Å². The van der Waals surface area contributed by atoms with Crippen molar-refractivity contribution in [3.63, 3.8) is 0 Å². The third kappa shape index (κ3) is 4.90. The van der Waals surface area contributed by atoms with Gasteiger partial charge in [-0.2, -0.15) is 5.10 Å². The Morgan fingerprint density at radius 3 is 2.89 bits per heavy atom. The zero-order valence-electron chi connectivity index (χ0n) is 11.8. The Morgan fingerprint density at radius 2 is 2.21 bits per heavy atom.